The van der Waals surface area contributed by atoms with Crippen LogP contribution in [0.2, 0.25) is 0 Å². The zero-order chi connectivity index (χ0) is 17.3. The number of aliphatic hydroxyl groups is 1. The van der Waals surface area contributed by atoms with Gasteiger partial charge >= 0.3 is 0 Å². The lowest BCUT2D eigenvalue weighted by molar-refractivity contribution is 0.00152. The van der Waals surface area contributed by atoms with Gasteiger partial charge in [-0.2, -0.15) is 0 Å². The van der Waals surface area contributed by atoms with Crippen LogP contribution < -0.4 is 0 Å². The maximum Gasteiger partial charge on any atom is 0.0900 e. The van der Waals surface area contributed by atoms with Gasteiger partial charge in [-0.3, -0.25) is 4.90 Å². The summed E-state index contributed by atoms with van der Waals surface area (Å²) in [6, 6.07) is 14.4. The highest BCUT2D eigenvalue weighted by Gasteiger charge is 2.19. The van der Waals surface area contributed by atoms with Gasteiger partial charge in [0, 0.05) is 44.1 Å². The van der Waals surface area contributed by atoms with Crippen molar-refractivity contribution in [2.45, 2.75) is 19.1 Å². The number of ether oxygens (including phenoxy) is 1. The Kier molecular flexibility index (Phi) is 7.45. The Hall–Kier alpha value is -1.24. The van der Waals surface area contributed by atoms with Gasteiger partial charge in [0.15, 0.2) is 0 Å². The first-order valence-corrected chi connectivity index (χ1v) is 9.94. The van der Waals surface area contributed by atoms with Crippen LogP contribution in [-0.2, 0) is 17.8 Å². The number of piperazine rings is 1. The lowest BCUT2D eigenvalue weighted by Gasteiger charge is -2.35. The van der Waals surface area contributed by atoms with Crippen molar-refractivity contribution in [2.75, 3.05) is 45.9 Å². The fraction of sp³-hybridized carbons (Fsp3) is 0.500. The summed E-state index contributed by atoms with van der Waals surface area (Å²) < 4.78 is 5.64. The molecule has 4 nitrogen and oxygen atoms in total. The third-order valence-corrected chi connectivity index (χ3v) is 5.55. The number of hydrogen-bond donors (Lipinski definition) is 1. The highest BCUT2D eigenvalue weighted by molar-refractivity contribution is 7.09. The molecule has 0 amide bonds. The smallest absolute Gasteiger partial charge is 0.0900 e. The number of thiophene rings is 1. The van der Waals surface area contributed by atoms with Gasteiger partial charge in [0.05, 0.1) is 19.3 Å². The number of nitrogens with zero attached hydrogens (tertiary/aromatic N) is 2. The third-order valence-electron chi connectivity index (χ3n) is 4.61. The Morgan fingerprint density at radius 3 is 2.48 bits per heavy atom. The van der Waals surface area contributed by atoms with Crippen LogP contribution in [0.25, 0.3) is 0 Å². The summed E-state index contributed by atoms with van der Waals surface area (Å²) in [5.74, 6) is 0. The van der Waals surface area contributed by atoms with Crippen LogP contribution >= 0.6 is 11.3 Å². The molecular formula is C20H28N2O2S. The number of benzene rings is 1. The van der Waals surface area contributed by atoms with Crippen molar-refractivity contribution in [1.82, 2.24) is 9.80 Å². The monoisotopic (exact) mass is 360 g/mol. The van der Waals surface area contributed by atoms with E-state index in [1.807, 2.05) is 41.7 Å². The first-order valence-electron chi connectivity index (χ1n) is 9.06. The molecule has 3 rings (SSSR count). The van der Waals surface area contributed by atoms with E-state index in [4.69, 9.17) is 4.74 Å². The lowest BCUT2D eigenvalue weighted by Crippen LogP contribution is -2.49. The number of aliphatic hydroxyl groups excluding tert-OH is 1. The van der Waals surface area contributed by atoms with Crippen LogP contribution in [0.4, 0.5) is 0 Å². The van der Waals surface area contributed by atoms with Crippen molar-refractivity contribution < 1.29 is 9.84 Å². The molecule has 1 saturated heterocycles. The molecule has 0 saturated carbocycles. The van der Waals surface area contributed by atoms with Crippen molar-refractivity contribution in [3.05, 3.63) is 58.3 Å². The van der Waals surface area contributed by atoms with Crippen molar-refractivity contribution in [3.63, 3.8) is 0 Å². The highest BCUT2D eigenvalue weighted by atomic mass is 32.1. The van der Waals surface area contributed by atoms with Crippen LogP contribution in [0.5, 0.6) is 0 Å². The van der Waals surface area contributed by atoms with E-state index in [0.717, 1.165) is 44.7 Å². The van der Waals surface area contributed by atoms with E-state index in [0.29, 0.717) is 19.8 Å². The molecular weight excluding hydrogens is 332 g/mol. The molecule has 136 valence electrons. The molecule has 1 aromatic heterocycles. The van der Waals surface area contributed by atoms with Crippen LogP contribution in [0.1, 0.15) is 10.4 Å². The zero-order valence-corrected chi connectivity index (χ0v) is 15.5. The van der Waals surface area contributed by atoms with Gasteiger partial charge in [0.2, 0.25) is 0 Å². The van der Waals surface area contributed by atoms with Gasteiger partial charge in [0.25, 0.3) is 0 Å². The summed E-state index contributed by atoms with van der Waals surface area (Å²) in [4.78, 5) is 6.33. The van der Waals surface area contributed by atoms with Crippen LogP contribution in [-0.4, -0.2) is 66.9 Å². The molecule has 5 heteroatoms. The Labute approximate surface area is 154 Å². The molecule has 1 N–H and O–H groups in total. The minimum atomic E-state index is -0.415. The van der Waals surface area contributed by atoms with Crippen molar-refractivity contribution >= 4 is 11.3 Å². The Bertz CT molecular complexity index is 583. The van der Waals surface area contributed by atoms with E-state index in [-0.39, 0.29) is 0 Å². The minimum Gasteiger partial charge on any atom is -0.389 e. The predicted molar refractivity (Wildman–Crippen MR) is 103 cm³/mol. The lowest BCUT2D eigenvalue weighted by atomic mass is 10.2. The van der Waals surface area contributed by atoms with E-state index in [1.54, 1.807) is 0 Å². The Morgan fingerprint density at radius 1 is 1.00 bits per heavy atom. The summed E-state index contributed by atoms with van der Waals surface area (Å²) in [7, 11) is 0. The Morgan fingerprint density at radius 2 is 1.76 bits per heavy atom. The van der Waals surface area contributed by atoms with Gasteiger partial charge in [-0.15, -0.1) is 11.3 Å². The molecule has 0 bridgehead atoms. The van der Waals surface area contributed by atoms with Gasteiger partial charge in [-0.1, -0.05) is 36.4 Å². The van der Waals surface area contributed by atoms with Gasteiger partial charge in [0.1, 0.15) is 0 Å². The molecule has 0 spiro atoms. The number of hydrogen-bond acceptors (Lipinski definition) is 5. The SMILES string of the molecule is OC(COCc1ccccc1)CN1CCN(CCc2cccs2)CC1. The normalized spacial score (nSPS) is 17.6. The maximum absolute atomic E-state index is 10.2. The van der Waals surface area contributed by atoms with Crippen molar-refractivity contribution in [1.29, 1.82) is 0 Å². The minimum absolute atomic E-state index is 0.396. The van der Waals surface area contributed by atoms with Crippen LogP contribution in [0, 0.1) is 0 Å². The third kappa shape index (κ3) is 6.53. The molecule has 1 aliphatic heterocycles. The van der Waals surface area contributed by atoms with Crippen molar-refractivity contribution in [2.24, 2.45) is 0 Å². The fourth-order valence-electron chi connectivity index (χ4n) is 3.16. The summed E-state index contributed by atoms with van der Waals surface area (Å²) in [6.45, 7) is 7.03. The maximum atomic E-state index is 10.2. The molecule has 2 heterocycles. The summed E-state index contributed by atoms with van der Waals surface area (Å²) in [5, 5.41) is 12.3. The quantitative estimate of drug-likeness (QED) is 0.745. The van der Waals surface area contributed by atoms with E-state index in [2.05, 4.69) is 27.3 Å². The van der Waals surface area contributed by atoms with Crippen LogP contribution in [0.15, 0.2) is 47.8 Å². The molecule has 1 fully saturated rings. The van der Waals surface area contributed by atoms with Gasteiger partial charge in [-0.05, 0) is 23.4 Å². The summed E-state index contributed by atoms with van der Waals surface area (Å²) in [5.41, 5.74) is 1.15. The average molecular weight is 361 g/mol. The summed E-state index contributed by atoms with van der Waals surface area (Å²) >= 11 is 1.84. The van der Waals surface area contributed by atoms with E-state index >= 15 is 0 Å². The largest absolute Gasteiger partial charge is 0.389 e. The predicted octanol–water partition coefficient (Wildman–Crippen LogP) is 2.49. The van der Waals surface area contributed by atoms with E-state index < -0.39 is 6.10 Å². The Balaban J connectivity index is 1.27. The van der Waals surface area contributed by atoms with Gasteiger partial charge < -0.3 is 14.7 Å². The topological polar surface area (TPSA) is 35.9 Å². The molecule has 0 radical (unpaired) electrons. The molecule has 1 unspecified atom stereocenters. The second-order valence-corrected chi connectivity index (χ2v) is 7.66. The first-order chi connectivity index (χ1) is 12.3. The molecule has 0 aliphatic carbocycles. The average Bonchev–Trinajstić information content (AvgIpc) is 3.16. The van der Waals surface area contributed by atoms with E-state index in [1.165, 1.54) is 4.88 Å². The first kappa shape index (κ1) is 18.5. The fourth-order valence-corrected chi connectivity index (χ4v) is 3.85. The second kappa shape index (κ2) is 10.0. The highest BCUT2D eigenvalue weighted by Crippen LogP contribution is 2.11. The number of β-amino-alcohol motifs (C(OH)–C–C–N with tert-alkyl or cyclic N) is 1. The van der Waals surface area contributed by atoms with Crippen LogP contribution in [0.3, 0.4) is 0 Å². The molecule has 1 aromatic carbocycles. The number of rotatable bonds is 9. The molecule has 25 heavy (non-hydrogen) atoms. The molecule has 1 atom stereocenters. The summed E-state index contributed by atoms with van der Waals surface area (Å²) in [6.07, 6.45) is 0.731. The molecule has 1 aliphatic rings. The molecule has 2 aromatic rings. The van der Waals surface area contributed by atoms with Gasteiger partial charge in [-0.25, -0.2) is 0 Å². The zero-order valence-electron chi connectivity index (χ0n) is 14.7. The van der Waals surface area contributed by atoms with E-state index in [9.17, 15) is 5.11 Å². The second-order valence-electron chi connectivity index (χ2n) is 6.63. The standard InChI is InChI=1S/C20H28N2O2S/c23-19(17-24-16-18-5-2-1-3-6-18)15-22-12-10-21(11-13-22)9-8-20-7-4-14-25-20/h1-7,14,19,23H,8-13,15-17H2. The van der Waals surface area contributed by atoms with Crippen molar-refractivity contribution in [3.8, 4) is 0 Å².